The molecule has 1 saturated carbocycles. The molecule has 1 N–H and O–H groups in total. The molecule has 0 aromatic carbocycles. The zero-order chi connectivity index (χ0) is 8.70. The molecule has 0 spiro atoms. The largest absolute Gasteiger partial charge is 0.387 e. The average molecular weight is 172 g/mol. The summed E-state index contributed by atoms with van der Waals surface area (Å²) < 4.78 is 49.4. The smallest absolute Gasteiger partial charge is 0.335 e. The second-order valence-electron chi connectivity index (χ2n) is 2.74. The van der Waals surface area contributed by atoms with Gasteiger partial charge in [-0.25, -0.2) is 0 Å². The van der Waals surface area contributed by atoms with Gasteiger partial charge in [0.15, 0.2) is 0 Å². The molecule has 0 saturated heterocycles. The maximum absolute atomic E-state index is 12.4. The maximum Gasteiger partial charge on any atom is 0.335 e. The third-order valence-corrected chi connectivity index (χ3v) is 1.87. The van der Waals surface area contributed by atoms with Gasteiger partial charge in [0.1, 0.15) is 6.10 Å². The molecule has 0 aliphatic heterocycles. The van der Waals surface area contributed by atoms with Crippen LogP contribution in [-0.4, -0.2) is 23.1 Å². The molecule has 1 rings (SSSR count). The first-order chi connectivity index (χ1) is 4.88. The number of rotatable bonds is 0. The quantitative estimate of drug-likeness (QED) is 0.552. The van der Waals surface area contributed by atoms with Crippen molar-refractivity contribution in [1.29, 1.82) is 0 Å². The predicted molar refractivity (Wildman–Crippen MR) is 29.8 cm³/mol. The highest BCUT2D eigenvalue weighted by Gasteiger charge is 2.62. The molecule has 1 nitrogen and oxygen atoms in total. The highest BCUT2D eigenvalue weighted by Crippen LogP contribution is 2.45. The zero-order valence-electron chi connectivity index (χ0n) is 5.66. The Morgan fingerprint density at radius 3 is 2.09 bits per heavy atom. The van der Waals surface area contributed by atoms with Gasteiger partial charge in [-0.1, -0.05) is 0 Å². The van der Waals surface area contributed by atoms with Crippen LogP contribution in [0.4, 0.5) is 17.6 Å². The van der Waals surface area contributed by atoms with Gasteiger partial charge in [0, 0.05) is 6.42 Å². The lowest BCUT2D eigenvalue weighted by molar-refractivity contribution is -0.271. The first-order valence-corrected chi connectivity index (χ1v) is 3.31. The molecule has 1 atom stereocenters. The predicted octanol–water partition coefficient (Wildman–Crippen LogP) is 1.80. The van der Waals surface area contributed by atoms with Crippen LogP contribution in [0.1, 0.15) is 19.3 Å². The second kappa shape index (κ2) is 2.33. The topological polar surface area (TPSA) is 20.2 Å². The molecule has 0 radical (unpaired) electrons. The van der Waals surface area contributed by atoms with Gasteiger partial charge in [-0.05, 0) is 12.8 Å². The molecule has 66 valence electrons. The summed E-state index contributed by atoms with van der Waals surface area (Å²) >= 11 is 0. The third-order valence-electron chi connectivity index (χ3n) is 1.87. The van der Waals surface area contributed by atoms with Crippen molar-refractivity contribution in [2.24, 2.45) is 0 Å². The molecule has 0 heterocycles. The van der Waals surface area contributed by atoms with Gasteiger partial charge in [-0.3, -0.25) is 0 Å². The van der Waals surface area contributed by atoms with Crippen molar-refractivity contribution in [2.75, 3.05) is 0 Å². The Morgan fingerprint density at radius 2 is 1.73 bits per heavy atom. The van der Waals surface area contributed by atoms with Crippen molar-refractivity contribution in [1.82, 2.24) is 0 Å². The van der Waals surface area contributed by atoms with E-state index in [4.69, 9.17) is 5.11 Å². The lowest BCUT2D eigenvalue weighted by Gasteiger charge is -2.34. The van der Waals surface area contributed by atoms with Crippen molar-refractivity contribution < 1.29 is 22.7 Å². The first-order valence-electron chi connectivity index (χ1n) is 3.31. The van der Waals surface area contributed by atoms with Crippen LogP contribution < -0.4 is 0 Å². The van der Waals surface area contributed by atoms with Gasteiger partial charge in [-0.2, -0.15) is 17.6 Å². The lowest BCUT2D eigenvalue weighted by Crippen LogP contribution is -2.52. The van der Waals surface area contributed by atoms with E-state index in [2.05, 4.69) is 0 Å². The van der Waals surface area contributed by atoms with Crippen LogP contribution in [0.3, 0.4) is 0 Å². The van der Waals surface area contributed by atoms with E-state index in [1.807, 2.05) is 0 Å². The molecule has 0 aromatic heterocycles. The van der Waals surface area contributed by atoms with Crippen molar-refractivity contribution in [2.45, 2.75) is 37.2 Å². The third kappa shape index (κ3) is 1.21. The minimum absolute atomic E-state index is 0.0518. The standard InChI is InChI=1S/C6H8F4O/c7-5(8)3-1-2-4(11)6(5,9)10/h4,11H,1-3H2. The van der Waals surface area contributed by atoms with Gasteiger partial charge in [-0.15, -0.1) is 0 Å². The normalized spacial score (nSPS) is 35.2. The molecule has 1 aliphatic rings. The van der Waals surface area contributed by atoms with Crippen LogP contribution in [0.25, 0.3) is 0 Å². The molecular formula is C6H8F4O. The highest BCUT2D eigenvalue weighted by molar-refractivity contribution is 4.94. The van der Waals surface area contributed by atoms with E-state index in [1.165, 1.54) is 0 Å². The van der Waals surface area contributed by atoms with Crippen LogP contribution in [0.15, 0.2) is 0 Å². The summed E-state index contributed by atoms with van der Waals surface area (Å²) in [6.07, 6.45) is -3.32. The summed E-state index contributed by atoms with van der Waals surface area (Å²) in [6, 6.07) is 0. The summed E-state index contributed by atoms with van der Waals surface area (Å²) in [5, 5.41) is 8.54. The van der Waals surface area contributed by atoms with Crippen molar-refractivity contribution >= 4 is 0 Å². The zero-order valence-corrected chi connectivity index (χ0v) is 5.66. The Balaban J connectivity index is 2.82. The fraction of sp³-hybridized carbons (Fsp3) is 1.00. The monoisotopic (exact) mass is 172 g/mol. The number of halogens is 4. The Hall–Kier alpha value is -0.320. The van der Waals surface area contributed by atoms with Crippen molar-refractivity contribution in [3.05, 3.63) is 0 Å². The molecule has 11 heavy (non-hydrogen) atoms. The molecule has 0 amide bonds. The van der Waals surface area contributed by atoms with Crippen LogP contribution in [0.2, 0.25) is 0 Å². The number of aliphatic hydroxyl groups is 1. The fourth-order valence-electron chi connectivity index (χ4n) is 1.11. The number of aliphatic hydroxyl groups excluding tert-OH is 1. The molecular weight excluding hydrogens is 164 g/mol. The van der Waals surface area contributed by atoms with E-state index < -0.39 is 24.4 Å². The van der Waals surface area contributed by atoms with E-state index in [1.54, 1.807) is 0 Å². The molecule has 5 heteroatoms. The van der Waals surface area contributed by atoms with E-state index in [0.717, 1.165) is 0 Å². The first kappa shape index (κ1) is 8.77. The average Bonchev–Trinajstić information content (AvgIpc) is 1.84. The second-order valence-corrected chi connectivity index (χ2v) is 2.74. The molecule has 0 aromatic rings. The van der Waals surface area contributed by atoms with Crippen LogP contribution >= 0.6 is 0 Å². The van der Waals surface area contributed by atoms with Crippen LogP contribution in [0, 0.1) is 0 Å². The SMILES string of the molecule is OC1CCCC(F)(F)C1(F)F. The minimum atomic E-state index is -4.24. The summed E-state index contributed by atoms with van der Waals surface area (Å²) in [5.74, 6) is -8.28. The lowest BCUT2D eigenvalue weighted by atomic mass is 9.90. The maximum atomic E-state index is 12.4. The van der Waals surface area contributed by atoms with E-state index in [0.29, 0.717) is 0 Å². The molecule has 1 unspecified atom stereocenters. The summed E-state index contributed by atoms with van der Waals surface area (Å²) in [7, 11) is 0. The Labute approximate surface area is 61.0 Å². The van der Waals surface area contributed by atoms with E-state index >= 15 is 0 Å². The van der Waals surface area contributed by atoms with Gasteiger partial charge in [0.2, 0.25) is 0 Å². The van der Waals surface area contributed by atoms with Crippen LogP contribution in [-0.2, 0) is 0 Å². The molecule has 1 aliphatic carbocycles. The number of hydrogen-bond donors (Lipinski definition) is 1. The summed E-state index contributed by atoms with van der Waals surface area (Å²) in [4.78, 5) is 0. The Kier molecular flexibility index (Phi) is 1.86. The minimum Gasteiger partial charge on any atom is -0.387 e. The van der Waals surface area contributed by atoms with E-state index in [-0.39, 0.29) is 12.8 Å². The van der Waals surface area contributed by atoms with Crippen LogP contribution in [0.5, 0.6) is 0 Å². The van der Waals surface area contributed by atoms with Gasteiger partial charge < -0.3 is 5.11 Å². The van der Waals surface area contributed by atoms with Gasteiger partial charge in [0.25, 0.3) is 0 Å². The Bertz CT molecular complexity index is 157. The summed E-state index contributed by atoms with van der Waals surface area (Å²) in [5.41, 5.74) is 0. The van der Waals surface area contributed by atoms with E-state index in [9.17, 15) is 17.6 Å². The molecule has 1 fully saturated rings. The fourth-order valence-corrected chi connectivity index (χ4v) is 1.11. The van der Waals surface area contributed by atoms with Gasteiger partial charge in [0.05, 0.1) is 0 Å². The number of hydrogen-bond acceptors (Lipinski definition) is 1. The number of alkyl halides is 4. The molecule has 0 bridgehead atoms. The van der Waals surface area contributed by atoms with Crippen molar-refractivity contribution in [3.8, 4) is 0 Å². The highest BCUT2D eigenvalue weighted by atomic mass is 19.3. The Morgan fingerprint density at radius 1 is 1.18 bits per heavy atom. The summed E-state index contributed by atoms with van der Waals surface area (Å²) in [6.45, 7) is 0. The van der Waals surface area contributed by atoms with Crippen molar-refractivity contribution in [3.63, 3.8) is 0 Å². The van der Waals surface area contributed by atoms with Gasteiger partial charge >= 0.3 is 11.8 Å².